The van der Waals surface area contributed by atoms with E-state index in [0.29, 0.717) is 29.2 Å². The summed E-state index contributed by atoms with van der Waals surface area (Å²) in [6.45, 7) is 2.13. The zero-order chi connectivity index (χ0) is 17.7. The molecule has 1 aromatic heterocycles. The van der Waals surface area contributed by atoms with Gasteiger partial charge in [-0.3, -0.25) is 5.73 Å². The number of para-hydroxylation sites is 1. The molecule has 1 heterocycles. The van der Waals surface area contributed by atoms with Crippen molar-refractivity contribution in [2.75, 3.05) is 26.6 Å². The molecular formula is C17H17N4O3+. The number of anilines is 1. The smallest absolute Gasteiger partial charge is 0.301 e. The number of hydrogen-bond acceptors (Lipinski definition) is 6. The number of nitrogens with zero attached hydrogens (tertiary/aromatic N) is 2. The summed E-state index contributed by atoms with van der Waals surface area (Å²) >= 11 is 0. The van der Waals surface area contributed by atoms with Crippen LogP contribution in [0.1, 0.15) is 18.1 Å². The molecule has 0 unspecified atom stereocenters. The summed E-state index contributed by atoms with van der Waals surface area (Å²) in [4.78, 5) is 2.76. The first kappa shape index (κ1) is 16.9. The van der Waals surface area contributed by atoms with E-state index in [1.54, 1.807) is 25.1 Å². The summed E-state index contributed by atoms with van der Waals surface area (Å²) in [7, 11) is 3.00. The fourth-order valence-electron chi connectivity index (χ4n) is 2.45. The zero-order valence-electron chi connectivity index (χ0n) is 13.6. The van der Waals surface area contributed by atoms with Gasteiger partial charge in [0.2, 0.25) is 0 Å². The van der Waals surface area contributed by atoms with Crippen molar-refractivity contribution in [2.45, 2.75) is 6.92 Å². The molecule has 0 atom stereocenters. The quantitative estimate of drug-likeness (QED) is 0.897. The van der Waals surface area contributed by atoms with Gasteiger partial charge in [-0.05, 0) is 13.0 Å². The molecule has 7 heteroatoms. The van der Waals surface area contributed by atoms with Crippen LogP contribution in [0, 0.1) is 22.7 Å². The number of pyridine rings is 1. The molecular weight excluding hydrogens is 308 g/mol. The third-order valence-electron chi connectivity index (χ3n) is 3.43. The van der Waals surface area contributed by atoms with Crippen LogP contribution in [0.25, 0.3) is 11.1 Å². The van der Waals surface area contributed by atoms with Crippen molar-refractivity contribution in [1.29, 1.82) is 10.5 Å². The van der Waals surface area contributed by atoms with Crippen LogP contribution in [-0.2, 0) is 0 Å². The predicted molar refractivity (Wildman–Crippen MR) is 86.5 cm³/mol. The van der Waals surface area contributed by atoms with E-state index in [-0.39, 0.29) is 22.8 Å². The molecule has 1 aromatic carbocycles. The zero-order valence-corrected chi connectivity index (χ0v) is 13.6. The Morgan fingerprint density at radius 1 is 1.12 bits per heavy atom. The summed E-state index contributed by atoms with van der Waals surface area (Å²) in [6.07, 6.45) is 0. The molecule has 2 aromatic rings. The third kappa shape index (κ3) is 2.75. The predicted octanol–water partition coefficient (Wildman–Crippen LogP) is 1.91. The lowest BCUT2D eigenvalue weighted by atomic mass is 9.95. The first-order valence-corrected chi connectivity index (χ1v) is 7.15. The van der Waals surface area contributed by atoms with E-state index >= 15 is 0 Å². The van der Waals surface area contributed by atoms with Gasteiger partial charge in [0.05, 0.1) is 20.8 Å². The molecule has 0 aliphatic rings. The van der Waals surface area contributed by atoms with E-state index in [2.05, 4.69) is 11.1 Å². The van der Waals surface area contributed by atoms with Gasteiger partial charge in [0.1, 0.15) is 17.7 Å². The largest absolute Gasteiger partial charge is 0.493 e. The van der Waals surface area contributed by atoms with Gasteiger partial charge in [-0.25, -0.2) is 4.98 Å². The average molecular weight is 325 g/mol. The van der Waals surface area contributed by atoms with E-state index in [9.17, 15) is 10.5 Å². The van der Waals surface area contributed by atoms with Gasteiger partial charge in [0.25, 0.3) is 5.82 Å². The maximum atomic E-state index is 9.62. The van der Waals surface area contributed by atoms with E-state index in [4.69, 9.17) is 19.9 Å². The van der Waals surface area contributed by atoms with Crippen LogP contribution in [0.2, 0.25) is 0 Å². The second-order valence-electron chi connectivity index (χ2n) is 4.69. The van der Waals surface area contributed by atoms with Gasteiger partial charge < -0.3 is 14.2 Å². The Labute approximate surface area is 139 Å². The topological polar surface area (TPSA) is 115 Å². The Morgan fingerprint density at radius 2 is 1.83 bits per heavy atom. The van der Waals surface area contributed by atoms with E-state index < -0.39 is 0 Å². The van der Waals surface area contributed by atoms with E-state index in [0.717, 1.165) is 0 Å². The van der Waals surface area contributed by atoms with Crippen molar-refractivity contribution in [2.24, 2.45) is 0 Å². The van der Waals surface area contributed by atoms with Gasteiger partial charge in [0.15, 0.2) is 17.1 Å². The SMILES string of the molecule is CCOc1[nH+]c(N)c(C#N)c(-c2cccc(OC)c2OC)c1C#N. The first-order valence-electron chi connectivity index (χ1n) is 7.15. The lowest BCUT2D eigenvalue weighted by molar-refractivity contribution is -0.377. The van der Waals surface area contributed by atoms with Crippen LogP contribution in [0.5, 0.6) is 17.4 Å². The Hall–Kier alpha value is -3.45. The summed E-state index contributed by atoms with van der Waals surface area (Å²) in [5.74, 6) is 1.20. The second-order valence-corrected chi connectivity index (χ2v) is 4.69. The molecule has 0 amide bonds. The molecule has 122 valence electrons. The van der Waals surface area contributed by atoms with Crippen LogP contribution in [0.15, 0.2) is 18.2 Å². The van der Waals surface area contributed by atoms with Crippen LogP contribution in [0.4, 0.5) is 5.82 Å². The molecule has 0 saturated heterocycles. The molecule has 0 bridgehead atoms. The normalized spacial score (nSPS) is 9.71. The van der Waals surface area contributed by atoms with Crippen molar-refractivity contribution >= 4 is 5.82 Å². The molecule has 0 aliphatic carbocycles. The number of nitrogens with one attached hydrogen (secondary N) is 1. The highest BCUT2D eigenvalue weighted by molar-refractivity contribution is 5.85. The summed E-state index contributed by atoms with van der Waals surface area (Å²) in [5, 5.41) is 19.1. The number of nitrogen functional groups attached to an aromatic ring is 1. The number of H-pyrrole nitrogens is 1. The van der Waals surface area contributed by atoms with E-state index in [1.165, 1.54) is 14.2 Å². The summed E-state index contributed by atoms with van der Waals surface area (Å²) in [5.41, 5.74) is 7.12. The van der Waals surface area contributed by atoms with Crippen molar-refractivity contribution in [3.8, 4) is 40.6 Å². The molecule has 0 saturated carbocycles. The first-order chi connectivity index (χ1) is 11.6. The maximum Gasteiger partial charge on any atom is 0.301 e. The molecule has 2 rings (SSSR count). The number of ether oxygens (including phenoxy) is 3. The monoisotopic (exact) mass is 325 g/mol. The number of rotatable bonds is 5. The Morgan fingerprint density at radius 3 is 2.38 bits per heavy atom. The van der Waals surface area contributed by atoms with Gasteiger partial charge in [0, 0.05) is 11.1 Å². The van der Waals surface area contributed by atoms with Crippen molar-refractivity contribution < 1.29 is 19.2 Å². The Kier molecular flexibility index (Phi) is 5.08. The lowest BCUT2D eigenvalue weighted by Gasteiger charge is -2.15. The third-order valence-corrected chi connectivity index (χ3v) is 3.43. The molecule has 7 nitrogen and oxygen atoms in total. The van der Waals surface area contributed by atoms with Crippen LogP contribution in [0.3, 0.4) is 0 Å². The molecule has 3 N–H and O–H groups in total. The summed E-state index contributed by atoms with van der Waals surface area (Å²) in [6, 6.07) is 9.31. The minimum atomic E-state index is 0.111. The van der Waals surface area contributed by atoms with Gasteiger partial charge in [-0.1, -0.05) is 12.1 Å². The number of aromatic nitrogens is 1. The fourth-order valence-corrected chi connectivity index (χ4v) is 2.45. The highest BCUT2D eigenvalue weighted by Gasteiger charge is 2.27. The summed E-state index contributed by atoms with van der Waals surface area (Å²) < 4.78 is 16.2. The van der Waals surface area contributed by atoms with Crippen LogP contribution in [-0.4, -0.2) is 20.8 Å². The lowest BCUT2D eigenvalue weighted by Crippen LogP contribution is -2.19. The van der Waals surface area contributed by atoms with Crippen molar-refractivity contribution in [3.05, 3.63) is 29.3 Å². The minimum absolute atomic E-state index is 0.111. The van der Waals surface area contributed by atoms with E-state index in [1.807, 2.05) is 6.07 Å². The number of aromatic amines is 1. The Bertz CT molecular complexity index is 850. The van der Waals surface area contributed by atoms with Gasteiger partial charge in [-0.15, -0.1) is 0 Å². The highest BCUT2D eigenvalue weighted by atomic mass is 16.5. The van der Waals surface area contributed by atoms with Gasteiger partial charge >= 0.3 is 5.88 Å². The van der Waals surface area contributed by atoms with Gasteiger partial charge in [-0.2, -0.15) is 10.5 Å². The van der Waals surface area contributed by atoms with Crippen molar-refractivity contribution in [1.82, 2.24) is 0 Å². The number of nitrogens with two attached hydrogens (primary N) is 1. The molecule has 0 aliphatic heterocycles. The average Bonchev–Trinajstić information content (AvgIpc) is 2.60. The van der Waals surface area contributed by atoms with Crippen LogP contribution < -0.4 is 24.9 Å². The second kappa shape index (κ2) is 7.21. The molecule has 0 radical (unpaired) electrons. The fraction of sp³-hybridized carbons (Fsp3) is 0.235. The Balaban J connectivity index is 2.93. The van der Waals surface area contributed by atoms with Crippen LogP contribution >= 0.6 is 0 Å². The number of nitriles is 2. The maximum absolute atomic E-state index is 9.62. The number of methoxy groups -OCH3 is 2. The molecule has 0 spiro atoms. The molecule has 0 fully saturated rings. The highest BCUT2D eigenvalue weighted by Crippen LogP contribution is 2.42. The molecule has 24 heavy (non-hydrogen) atoms. The van der Waals surface area contributed by atoms with Crippen molar-refractivity contribution in [3.63, 3.8) is 0 Å². The number of benzene rings is 1. The number of hydrogen-bond donors (Lipinski definition) is 1. The minimum Gasteiger partial charge on any atom is -0.493 e. The standard InChI is InChI=1S/C17H16N4O3/c1-4-24-17-12(9-19)14(11(8-18)16(20)21-17)10-6-5-7-13(22-2)15(10)23-3/h5-7H,4H2,1-3H3,(H2,20,21)/p+1.